The maximum absolute atomic E-state index is 13.5. The standard InChI is InChI=1S/C14H17FO/c15-14-8-4-2-6-12(14)9-11-5-1-3-7-13(16)10-11/h2,4,6,8,11H,1,3,5,7,9-10H2. The van der Waals surface area contributed by atoms with Crippen LogP contribution >= 0.6 is 0 Å². The summed E-state index contributed by atoms with van der Waals surface area (Å²) in [6.45, 7) is 0. The van der Waals surface area contributed by atoms with Gasteiger partial charge in [-0.1, -0.05) is 24.6 Å². The third kappa shape index (κ3) is 2.91. The summed E-state index contributed by atoms with van der Waals surface area (Å²) in [6.07, 6.45) is 5.22. The van der Waals surface area contributed by atoms with Crippen molar-refractivity contribution in [1.82, 2.24) is 0 Å². The van der Waals surface area contributed by atoms with Crippen LogP contribution in [0.1, 0.15) is 37.7 Å². The molecule has 86 valence electrons. The van der Waals surface area contributed by atoms with Crippen LogP contribution < -0.4 is 0 Å². The molecule has 1 unspecified atom stereocenters. The number of hydrogen-bond acceptors (Lipinski definition) is 1. The first kappa shape index (κ1) is 11.3. The summed E-state index contributed by atoms with van der Waals surface area (Å²) in [7, 11) is 0. The van der Waals surface area contributed by atoms with Crippen molar-refractivity contribution in [2.24, 2.45) is 5.92 Å². The van der Waals surface area contributed by atoms with Crippen molar-refractivity contribution in [3.05, 3.63) is 35.6 Å². The van der Waals surface area contributed by atoms with Gasteiger partial charge in [0.2, 0.25) is 0 Å². The van der Waals surface area contributed by atoms with Crippen molar-refractivity contribution in [3.63, 3.8) is 0 Å². The predicted molar refractivity (Wildman–Crippen MR) is 61.7 cm³/mol. The molecule has 1 nitrogen and oxygen atoms in total. The fourth-order valence-electron chi connectivity index (χ4n) is 2.43. The van der Waals surface area contributed by atoms with Crippen LogP contribution in [0.2, 0.25) is 0 Å². The molecule has 1 atom stereocenters. The molecule has 0 aromatic heterocycles. The van der Waals surface area contributed by atoms with Crippen molar-refractivity contribution in [1.29, 1.82) is 0 Å². The second-order valence-electron chi connectivity index (χ2n) is 4.65. The topological polar surface area (TPSA) is 17.1 Å². The number of halogens is 1. The molecule has 1 fully saturated rings. The van der Waals surface area contributed by atoms with Crippen LogP contribution in [0.25, 0.3) is 0 Å². The van der Waals surface area contributed by atoms with E-state index in [0.29, 0.717) is 31.0 Å². The number of rotatable bonds is 2. The van der Waals surface area contributed by atoms with Crippen molar-refractivity contribution < 1.29 is 9.18 Å². The summed E-state index contributed by atoms with van der Waals surface area (Å²) in [5, 5.41) is 0. The number of carbonyl (C=O) groups is 1. The number of benzene rings is 1. The molecule has 1 aliphatic carbocycles. The molecular formula is C14H17FO. The minimum absolute atomic E-state index is 0.140. The Labute approximate surface area is 95.7 Å². The van der Waals surface area contributed by atoms with Gasteiger partial charge in [0.1, 0.15) is 11.6 Å². The van der Waals surface area contributed by atoms with E-state index in [0.717, 1.165) is 24.8 Å². The van der Waals surface area contributed by atoms with Crippen LogP contribution in [0.5, 0.6) is 0 Å². The van der Waals surface area contributed by atoms with Crippen molar-refractivity contribution in [2.45, 2.75) is 38.5 Å². The van der Waals surface area contributed by atoms with Gasteiger partial charge in [-0.05, 0) is 36.8 Å². The van der Waals surface area contributed by atoms with Crippen LogP contribution in [-0.2, 0) is 11.2 Å². The molecule has 0 radical (unpaired) electrons. The van der Waals surface area contributed by atoms with Gasteiger partial charge >= 0.3 is 0 Å². The average molecular weight is 220 g/mol. The summed E-state index contributed by atoms with van der Waals surface area (Å²) in [5.74, 6) is 0.546. The Kier molecular flexibility index (Phi) is 3.70. The normalized spacial score (nSPS) is 21.8. The molecule has 1 aliphatic rings. The molecule has 1 aromatic rings. The molecule has 0 N–H and O–H groups in total. The van der Waals surface area contributed by atoms with Crippen LogP contribution in [0.4, 0.5) is 4.39 Å². The molecule has 2 heteroatoms. The van der Waals surface area contributed by atoms with E-state index in [1.54, 1.807) is 6.07 Å². The zero-order valence-electron chi connectivity index (χ0n) is 9.42. The van der Waals surface area contributed by atoms with E-state index >= 15 is 0 Å². The maximum Gasteiger partial charge on any atom is 0.133 e. The SMILES string of the molecule is O=C1CCCCC(Cc2ccccc2F)C1. The lowest BCUT2D eigenvalue weighted by molar-refractivity contribution is -0.119. The van der Waals surface area contributed by atoms with Crippen molar-refractivity contribution >= 4 is 5.78 Å². The lowest BCUT2D eigenvalue weighted by Crippen LogP contribution is -2.09. The van der Waals surface area contributed by atoms with E-state index in [2.05, 4.69) is 0 Å². The fourth-order valence-corrected chi connectivity index (χ4v) is 2.43. The molecule has 0 bridgehead atoms. The summed E-state index contributed by atoms with van der Waals surface area (Å²) in [5.41, 5.74) is 0.752. The molecule has 0 aliphatic heterocycles. The van der Waals surface area contributed by atoms with E-state index in [9.17, 15) is 9.18 Å². The van der Waals surface area contributed by atoms with Gasteiger partial charge in [0, 0.05) is 12.8 Å². The summed E-state index contributed by atoms with van der Waals surface area (Å²) < 4.78 is 13.5. The average Bonchev–Trinajstić information content (AvgIpc) is 2.46. The third-order valence-corrected chi connectivity index (χ3v) is 3.30. The number of hydrogen-bond donors (Lipinski definition) is 0. The first-order valence-electron chi connectivity index (χ1n) is 6.01. The minimum Gasteiger partial charge on any atom is -0.300 e. The van der Waals surface area contributed by atoms with Crippen LogP contribution in [0, 0.1) is 11.7 Å². The molecular weight excluding hydrogens is 203 g/mol. The Morgan fingerprint density at radius 2 is 2.06 bits per heavy atom. The molecule has 0 heterocycles. The van der Waals surface area contributed by atoms with E-state index < -0.39 is 0 Å². The van der Waals surface area contributed by atoms with Crippen molar-refractivity contribution in [3.8, 4) is 0 Å². The first-order valence-corrected chi connectivity index (χ1v) is 6.01. The second-order valence-corrected chi connectivity index (χ2v) is 4.65. The van der Waals surface area contributed by atoms with Gasteiger partial charge in [-0.2, -0.15) is 0 Å². The quantitative estimate of drug-likeness (QED) is 0.697. The Morgan fingerprint density at radius 3 is 2.88 bits per heavy atom. The number of Topliss-reactive ketones (excluding diaryl/α,β-unsaturated/α-hetero) is 1. The Morgan fingerprint density at radius 1 is 1.25 bits per heavy atom. The maximum atomic E-state index is 13.5. The Bertz CT molecular complexity index is 373. The lowest BCUT2D eigenvalue weighted by Gasteiger charge is -2.13. The van der Waals surface area contributed by atoms with Gasteiger partial charge in [-0.25, -0.2) is 4.39 Å². The zero-order valence-corrected chi connectivity index (χ0v) is 9.42. The predicted octanol–water partition coefficient (Wildman–Crippen LogP) is 3.52. The van der Waals surface area contributed by atoms with Gasteiger partial charge in [0.25, 0.3) is 0 Å². The molecule has 0 spiro atoms. The van der Waals surface area contributed by atoms with Crippen LogP contribution in [-0.4, -0.2) is 5.78 Å². The van der Waals surface area contributed by atoms with Gasteiger partial charge < -0.3 is 0 Å². The van der Waals surface area contributed by atoms with Gasteiger partial charge in [0.15, 0.2) is 0 Å². The van der Waals surface area contributed by atoms with Gasteiger partial charge in [-0.3, -0.25) is 4.79 Å². The van der Waals surface area contributed by atoms with Gasteiger partial charge in [0.05, 0.1) is 0 Å². The Hall–Kier alpha value is -1.18. The second kappa shape index (κ2) is 5.24. The highest BCUT2D eigenvalue weighted by Gasteiger charge is 2.18. The largest absolute Gasteiger partial charge is 0.300 e. The molecule has 16 heavy (non-hydrogen) atoms. The van der Waals surface area contributed by atoms with E-state index in [-0.39, 0.29) is 5.82 Å². The van der Waals surface area contributed by atoms with Crippen molar-refractivity contribution in [2.75, 3.05) is 0 Å². The molecule has 0 saturated heterocycles. The third-order valence-electron chi connectivity index (χ3n) is 3.30. The van der Waals surface area contributed by atoms with E-state index in [1.807, 2.05) is 12.1 Å². The highest BCUT2D eigenvalue weighted by Crippen LogP contribution is 2.25. The van der Waals surface area contributed by atoms with E-state index in [4.69, 9.17) is 0 Å². The molecule has 1 saturated carbocycles. The molecule has 2 rings (SSSR count). The smallest absolute Gasteiger partial charge is 0.133 e. The molecule has 1 aromatic carbocycles. The van der Waals surface area contributed by atoms with E-state index in [1.165, 1.54) is 6.07 Å². The number of carbonyl (C=O) groups excluding carboxylic acids is 1. The number of ketones is 1. The van der Waals surface area contributed by atoms with Crippen LogP contribution in [0.15, 0.2) is 24.3 Å². The fraction of sp³-hybridized carbons (Fsp3) is 0.500. The monoisotopic (exact) mass is 220 g/mol. The van der Waals surface area contributed by atoms with Gasteiger partial charge in [-0.15, -0.1) is 0 Å². The summed E-state index contributed by atoms with van der Waals surface area (Å²) >= 11 is 0. The summed E-state index contributed by atoms with van der Waals surface area (Å²) in [4.78, 5) is 11.5. The highest BCUT2D eigenvalue weighted by molar-refractivity contribution is 5.78. The first-order chi connectivity index (χ1) is 7.75. The van der Waals surface area contributed by atoms with Crippen LogP contribution in [0.3, 0.4) is 0 Å². The highest BCUT2D eigenvalue weighted by atomic mass is 19.1. The zero-order chi connectivity index (χ0) is 11.4. The minimum atomic E-state index is -0.140. The lowest BCUT2D eigenvalue weighted by atomic mass is 9.92. The Balaban J connectivity index is 2.03. The molecule has 0 amide bonds. The summed E-state index contributed by atoms with van der Waals surface area (Å²) in [6, 6.07) is 6.88.